The van der Waals surface area contributed by atoms with Crippen molar-refractivity contribution in [3.63, 3.8) is 0 Å². The summed E-state index contributed by atoms with van der Waals surface area (Å²) in [7, 11) is 0. The second kappa shape index (κ2) is 16.2. The van der Waals surface area contributed by atoms with E-state index in [-0.39, 0.29) is 34.1 Å². The number of halogens is 9. The van der Waals surface area contributed by atoms with Gasteiger partial charge in [-0.15, -0.1) is 26.3 Å². The maximum Gasteiger partial charge on any atom is 0.573 e. The number of alkyl halides is 6. The Hall–Kier alpha value is -6.09. The number of para-hydroxylation sites is 2. The second-order valence-corrected chi connectivity index (χ2v) is 13.0. The first kappa shape index (κ1) is 39.2. The first-order valence-electron chi connectivity index (χ1n) is 16.4. The molecule has 8 nitrogen and oxygen atoms in total. The molecule has 4 heterocycles. The molecule has 0 atom stereocenters. The number of H-pyrrole nitrogens is 2. The van der Waals surface area contributed by atoms with Crippen LogP contribution in [0.5, 0.6) is 11.5 Å². The number of hydrogen-bond donors (Lipinski definition) is 2. The average molecular weight is 844 g/mol. The fraction of sp³-hybridized carbons (Fsp3) is 0.0500. The van der Waals surface area contributed by atoms with Crippen molar-refractivity contribution in [3.05, 3.63) is 143 Å². The molecule has 0 unspecified atom stereocenters. The average Bonchev–Trinajstić information content (AvgIpc) is 3.99. The summed E-state index contributed by atoms with van der Waals surface area (Å²) in [6.45, 7) is 0. The van der Waals surface area contributed by atoms with Crippen LogP contribution in [0.4, 0.5) is 26.3 Å². The van der Waals surface area contributed by atoms with Gasteiger partial charge in [-0.3, -0.25) is 0 Å². The van der Waals surface area contributed by atoms with E-state index < -0.39 is 12.7 Å². The molecule has 4 aromatic carbocycles. The standard InChI is InChI=1S/C20H11Cl2F3N2O2.C20H12ClF3N2O2/c21-11-5-6-12(14(22)9-11)15-10-26-19(27-15)18-8-7-16(28-18)13-3-1-2-4-17(13)29-20(23,24)25;21-18-17(12-6-2-1-3-7-12)25-19(26-18)16-11-10-14(27-16)13-8-4-5-9-15(13)28-20(22,23)24/h1-10H,(H,26,27);1-11H,(H,25,26). The van der Waals surface area contributed by atoms with Gasteiger partial charge in [-0.2, -0.15) is 0 Å². The number of rotatable bonds is 8. The van der Waals surface area contributed by atoms with Crippen LogP contribution in [0.3, 0.4) is 0 Å². The molecule has 17 heteroatoms. The lowest BCUT2D eigenvalue weighted by Crippen LogP contribution is -2.17. The maximum atomic E-state index is 12.6. The van der Waals surface area contributed by atoms with E-state index >= 15 is 0 Å². The van der Waals surface area contributed by atoms with Gasteiger partial charge in [-0.1, -0.05) is 89.4 Å². The van der Waals surface area contributed by atoms with Crippen molar-refractivity contribution in [1.82, 2.24) is 19.9 Å². The van der Waals surface area contributed by atoms with Gasteiger partial charge in [-0.25, -0.2) is 9.97 Å². The first-order chi connectivity index (χ1) is 27.2. The van der Waals surface area contributed by atoms with Crippen LogP contribution in [0.2, 0.25) is 15.2 Å². The summed E-state index contributed by atoms with van der Waals surface area (Å²) in [6.07, 6.45) is -8.03. The van der Waals surface area contributed by atoms with Crippen LogP contribution < -0.4 is 9.47 Å². The number of imidazole rings is 2. The highest BCUT2D eigenvalue weighted by atomic mass is 35.5. The van der Waals surface area contributed by atoms with Crippen molar-refractivity contribution in [3.8, 4) is 79.8 Å². The zero-order valence-corrected chi connectivity index (χ0v) is 30.8. The number of furan rings is 2. The largest absolute Gasteiger partial charge is 0.573 e. The van der Waals surface area contributed by atoms with Gasteiger partial charge in [0.15, 0.2) is 23.2 Å². The molecule has 0 saturated carbocycles. The molecule has 290 valence electrons. The Labute approximate surface area is 333 Å². The summed E-state index contributed by atoms with van der Waals surface area (Å²) >= 11 is 18.4. The summed E-state index contributed by atoms with van der Waals surface area (Å²) in [5, 5.41) is 1.29. The van der Waals surface area contributed by atoms with Crippen LogP contribution in [0.15, 0.2) is 136 Å². The van der Waals surface area contributed by atoms with E-state index in [2.05, 4.69) is 29.4 Å². The van der Waals surface area contributed by atoms with Crippen LogP contribution in [0, 0.1) is 0 Å². The number of aromatic amines is 2. The van der Waals surface area contributed by atoms with Crippen molar-refractivity contribution < 1.29 is 44.7 Å². The third kappa shape index (κ3) is 9.48. The van der Waals surface area contributed by atoms with E-state index in [0.717, 1.165) is 5.56 Å². The molecule has 57 heavy (non-hydrogen) atoms. The molecule has 8 rings (SSSR count). The van der Waals surface area contributed by atoms with Crippen LogP contribution in [-0.4, -0.2) is 32.7 Å². The molecule has 0 aliphatic heterocycles. The lowest BCUT2D eigenvalue weighted by atomic mass is 10.1. The molecule has 2 N–H and O–H groups in total. The van der Waals surface area contributed by atoms with Crippen LogP contribution in [-0.2, 0) is 0 Å². The lowest BCUT2D eigenvalue weighted by Gasteiger charge is -2.11. The van der Waals surface area contributed by atoms with Gasteiger partial charge in [-0.05, 0) is 66.7 Å². The summed E-state index contributed by atoms with van der Waals surface area (Å²) in [5.41, 5.74) is 3.06. The summed E-state index contributed by atoms with van der Waals surface area (Å²) < 4.78 is 95.4. The highest BCUT2D eigenvalue weighted by molar-refractivity contribution is 6.36. The molecule has 0 radical (unpaired) electrons. The molecule has 0 aliphatic rings. The van der Waals surface area contributed by atoms with Gasteiger partial charge in [0.2, 0.25) is 0 Å². The van der Waals surface area contributed by atoms with Gasteiger partial charge in [0.25, 0.3) is 0 Å². The Morgan fingerprint density at radius 2 is 1.07 bits per heavy atom. The van der Waals surface area contributed by atoms with E-state index in [1.54, 1.807) is 60.8 Å². The molecule has 4 aromatic heterocycles. The van der Waals surface area contributed by atoms with Gasteiger partial charge in [0.05, 0.1) is 28.0 Å². The topological polar surface area (TPSA) is 102 Å². The minimum absolute atomic E-state index is 0.170. The molecular formula is C40H23Cl3F6N4O4. The Kier molecular flexibility index (Phi) is 11.1. The van der Waals surface area contributed by atoms with E-state index in [1.165, 1.54) is 36.4 Å². The molecule has 0 aliphatic carbocycles. The van der Waals surface area contributed by atoms with Crippen molar-refractivity contribution >= 4 is 34.8 Å². The van der Waals surface area contributed by atoms with E-state index in [0.29, 0.717) is 55.3 Å². The van der Waals surface area contributed by atoms with Gasteiger partial charge in [0.1, 0.15) is 33.9 Å². The molecule has 8 aromatic rings. The summed E-state index contributed by atoms with van der Waals surface area (Å²) in [5.74, 6) is 1.16. The minimum atomic E-state index is -4.81. The van der Waals surface area contributed by atoms with Crippen molar-refractivity contribution in [2.75, 3.05) is 0 Å². The van der Waals surface area contributed by atoms with Crippen LogP contribution >= 0.6 is 34.8 Å². The smallest absolute Gasteiger partial charge is 0.453 e. The van der Waals surface area contributed by atoms with Crippen LogP contribution in [0.25, 0.3) is 68.3 Å². The normalized spacial score (nSPS) is 11.6. The molecular weight excluding hydrogens is 821 g/mol. The number of aromatic nitrogens is 4. The van der Waals surface area contributed by atoms with Crippen LogP contribution in [0.1, 0.15) is 0 Å². The predicted molar refractivity (Wildman–Crippen MR) is 203 cm³/mol. The third-order valence-corrected chi connectivity index (χ3v) is 8.76. The second-order valence-electron chi connectivity index (χ2n) is 11.8. The molecule has 0 spiro atoms. The fourth-order valence-corrected chi connectivity index (χ4v) is 6.29. The Morgan fingerprint density at radius 3 is 1.63 bits per heavy atom. The third-order valence-electron chi connectivity index (χ3n) is 7.94. The van der Waals surface area contributed by atoms with E-state index in [1.807, 2.05) is 30.3 Å². The van der Waals surface area contributed by atoms with Crippen molar-refractivity contribution in [2.45, 2.75) is 12.7 Å². The fourth-order valence-electron chi connectivity index (χ4n) is 5.53. The Morgan fingerprint density at radius 1 is 0.544 bits per heavy atom. The summed E-state index contributed by atoms with van der Waals surface area (Å²) in [6, 6.07) is 32.2. The van der Waals surface area contributed by atoms with E-state index in [9.17, 15) is 26.3 Å². The number of ether oxygens (including phenoxy) is 2. The molecule has 0 saturated heterocycles. The number of hydrogen-bond acceptors (Lipinski definition) is 6. The minimum Gasteiger partial charge on any atom is -0.453 e. The quantitative estimate of drug-likeness (QED) is 0.148. The van der Waals surface area contributed by atoms with Crippen molar-refractivity contribution in [1.29, 1.82) is 0 Å². The monoisotopic (exact) mass is 842 g/mol. The summed E-state index contributed by atoms with van der Waals surface area (Å²) in [4.78, 5) is 14.7. The first-order valence-corrected chi connectivity index (χ1v) is 17.6. The number of nitrogens with zero attached hydrogens (tertiary/aromatic N) is 2. The van der Waals surface area contributed by atoms with Crippen molar-refractivity contribution in [2.24, 2.45) is 0 Å². The molecule has 0 amide bonds. The Bertz CT molecular complexity index is 2630. The zero-order chi connectivity index (χ0) is 40.3. The predicted octanol–water partition coefficient (Wildman–Crippen LogP) is 13.8. The maximum absolute atomic E-state index is 12.6. The number of benzene rings is 4. The SMILES string of the molecule is FC(F)(F)Oc1ccccc1-c1ccc(-c2nc(-c3ccccc3)c(Cl)[nH]2)o1.FC(F)(F)Oc1ccccc1-c1ccc(-c2ncc(-c3ccc(Cl)cc3Cl)[nH]2)o1. The Balaban J connectivity index is 0.000000174. The van der Waals surface area contributed by atoms with Gasteiger partial charge >= 0.3 is 12.7 Å². The van der Waals surface area contributed by atoms with Gasteiger partial charge < -0.3 is 28.3 Å². The number of nitrogens with one attached hydrogen (secondary N) is 2. The lowest BCUT2D eigenvalue weighted by molar-refractivity contribution is -0.275. The zero-order valence-electron chi connectivity index (χ0n) is 28.6. The molecule has 0 fully saturated rings. The van der Waals surface area contributed by atoms with Gasteiger partial charge in [0, 0.05) is 16.1 Å². The molecule has 0 bridgehead atoms. The highest BCUT2D eigenvalue weighted by Gasteiger charge is 2.33. The van der Waals surface area contributed by atoms with E-state index in [4.69, 9.17) is 43.6 Å². The highest BCUT2D eigenvalue weighted by Crippen LogP contribution is 2.39.